The Morgan fingerprint density at radius 3 is 2.23 bits per heavy atom. The van der Waals surface area contributed by atoms with Gasteiger partial charge in [-0.15, -0.1) is 0 Å². The molecule has 0 amide bonds. The van der Waals surface area contributed by atoms with Gasteiger partial charge in [0, 0.05) is 26.0 Å². The molecule has 0 bridgehead atoms. The molecule has 1 aromatic heterocycles. The van der Waals surface area contributed by atoms with Crippen LogP contribution >= 0.6 is 0 Å². The number of aromatic nitrogens is 2. The molecule has 0 fully saturated rings. The van der Waals surface area contributed by atoms with Crippen molar-refractivity contribution in [1.82, 2.24) is 14.1 Å². The fraction of sp³-hybridized carbons (Fsp3) is 0.438. The summed E-state index contributed by atoms with van der Waals surface area (Å²) in [6.45, 7) is 8.56. The number of hydrogen-bond donors (Lipinski definition) is 0. The van der Waals surface area contributed by atoms with Crippen molar-refractivity contribution in [2.24, 2.45) is 0 Å². The number of rotatable bonds is 5. The summed E-state index contributed by atoms with van der Waals surface area (Å²) in [6.07, 6.45) is 3.51. The molecule has 2 aromatic rings. The first-order chi connectivity index (χ1) is 10.2. The Morgan fingerprint density at radius 2 is 1.73 bits per heavy atom. The predicted molar refractivity (Wildman–Crippen MR) is 87.4 cm³/mol. The van der Waals surface area contributed by atoms with Gasteiger partial charge < -0.3 is 0 Å². The number of likely N-dealkylation sites (N-methyl/N-ethyl adjacent to an activating group) is 1. The smallest absolute Gasteiger partial charge is 0.243 e. The monoisotopic (exact) mass is 321 g/mol. The molecule has 0 aliphatic heterocycles. The topological polar surface area (TPSA) is 55.2 Å². The normalized spacial score (nSPS) is 12.1. The molecule has 0 N–H and O–H groups in total. The van der Waals surface area contributed by atoms with Gasteiger partial charge in [0.15, 0.2) is 0 Å². The highest BCUT2D eigenvalue weighted by molar-refractivity contribution is 7.89. The van der Waals surface area contributed by atoms with Crippen LogP contribution in [0.1, 0.15) is 22.3 Å². The van der Waals surface area contributed by atoms with Crippen molar-refractivity contribution < 1.29 is 8.42 Å². The van der Waals surface area contributed by atoms with Crippen LogP contribution in [-0.2, 0) is 16.6 Å². The Kier molecular flexibility index (Phi) is 4.72. The van der Waals surface area contributed by atoms with Crippen molar-refractivity contribution in [3.05, 3.63) is 46.8 Å². The molecule has 0 unspecified atom stereocenters. The van der Waals surface area contributed by atoms with Crippen molar-refractivity contribution in [2.75, 3.05) is 13.6 Å². The first-order valence-electron chi connectivity index (χ1n) is 7.26. The van der Waals surface area contributed by atoms with Crippen molar-refractivity contribution in [2.45, 2.75) is 39.1 Å². The molecule has 0 spiro atoms. The third-order valence-electron chi connectivity index (χ3n) is 4.17. The van der Waals surface area contributed by atoms with Crippen LogP contribution < -0.4 is 0 Å². The van der Waals surface area contributed by atoms with Crippen LogP contribution in [0.25, 0.3) is 0 Å². The molecule has 0 atom stereocenters. The lowest BCUT2D eigenvalue weighted by atomic mass is 10.0. The minimum atomic E-state index is -3.51. The Labute approximate surface area is 132 Å². The van der Waals surface area contributed by atoms with Crippen molar-refractivity contribution in [3.63, 3.8) is 0 Å². The van der Waals surface area contributed by atoms with Gasteiger partial charge in [-0.2, -0.15) is 9.40 Å². The van der Waals surface area contributed by atoms with Crippen molar-refractivity contribution >= 4 is 10.0 Å². The van der Waals surface area contributed by atoms with Gasteiger partial charge in [-0.3, -0.25) is 4.68 Å². The molecule has 0 saturated heterocycles. The van der Waals surface area contributed by atoms with E-state index in [-0.39, 0.29) is 0 Å². The van der Waals surface area contributed by atoms with Crippen molar-refractivity contribution in [3.8, 4) is 0 Å². The minimum absolute atomic E-state index is 0.385. The summed E-state index contributed by atoms with van der Waals surface area (Å²) in [5, 5.41) is 4.10. The van der Waals surface area contributed by atoms with Gasteiger partial charge in [0.1, 0.15) is 0 Å². The zero-order chi connectivity index (χ0) is 16.5. The van der Waals surface area contributed by atoms with E-state index in [0.717, 1.165) is 22.3 Å². The van der Waals surface area contributed by atoms with E-state index in [2.05, 4.69) is 5.10 Å². The number of sulfonamides is 1. The summed E-state index contributed by atoms with van der Waals surface area (Å²) >= 11 is 0. The Hall–Kier alpha value is -1.66. The maximum atomic E-state index is 12.9. The van der Waals surface area contributed by atoms with E-state index >= 15 is 0 Å². The van der Waals surface area contributed by atoms with Crippen molar-refractivity contribution in [1.29, 1.82) is 0 Å². The number of benzene rings is 1. The Balaban J connectivity index is 2.34. The van der Waals surface area contributed by atoms with Crippen LogP contribution in [0.4, 0.5) is 0 Å². The van der Waals surface area contributed by atoms with E-state index in [1.165, 1.54) is 4.31 Å². The number of aryl methyl sites for hydroxylation is 2. The summed E-state index contributed by atoms with van der Waals surface area (Å²) in [7, 11) is -1.89. The van der Waals surface area contributed by atoms with Gasteiger partial charge in [0.25, 0.3) is 0 Å². The third-order valence-corrected chi connectivity index (χ3v) is 6.30. The largest absolute Gasteiger partial charge is 0.271 e. The molecule has 1 aromatic carbocycles. The van der Waals surface area contributed by atoms with Crippen LogP contribution in [0.2, 0.25) is 0 Å². The van der Waals surface area contributed by atoms with Crippen LogP contribution in [0.3, 0.4) is 0 Å². The second-order valence-electron chi connectivity index (χ2n) is 5.69. The zero-order valence-electron chi connectivity index (χ0n) is 13.8. The molecule has 22 heavy (non-hydrogen) atoms. The maximum Gasteiger partial charge on any atom is 0.243 e. The highest BCUT2D eigenvalue weighted by Crippen LogP contribution is 2.28. The summed E-state index contributed by atoms with van der Waals surface area (Å²) < 4.78 is 29.0. The summed E-state index contributed by atoms with van der Waals surface area (Å²) in [5.41, 5.74) is 3.66. The fourth-order valence-corrected chi connectivity index (χ4v) is 4.25. The van der Waals surface area contributed by atoms with E-state index in [0.29, 0.717) is 18.0 Å². The molecule has 2 rings (SSSR count). The highest BCUT2D eigenvalue weighted by atomic mass is 32.2. The molecular weight excluding hydrogens is 298 g/mol. The average molecular weight is 321 g/mol. The van der Waals surface area contributed by atoms with Gasteiger partial charge in [0.2, 0.25) is 10.0 Å². The SMILES string of the molecule is Cc1cc(C)c(C)c(S(=O)(=O)N(C)CCn2cccn2)c1C. The third kappa shape index (κ3) is 3.08. The average Bonchev–Trinajstić information content (AvgIpc) is 2.95. The Bertz CT molecular complexity index is 739. The summed E-state index contributed by atoms with van der Waals surface area (Å²) in [5.74, 6) is 0. The fourth-order valence-electron chi connectivity index (χ4n) is 2.52. The standard InChI is InChI=1S/C16H23N3O2S/c1-12-11-13(2)15(4)16(14(12)3)22(20,21)18(5)9-10-19-8-6-7-17-19/h6-8,11H,9-10H2,1-5H3. The Morgan fingerprint density at radius 1 is 1.14 bits per heavy atom. The zero-order valence-corrected chi connectivity index (χ0v) is 14.6. The second-order valence-corrected chi connectivity index (χ2v) is 7.67. The van der Waals surface area contributed by atoms with Crippen LogP contribution in [-0.4, -0.2) is 36.1 Å². The van der Waals surface area contributed by atoms with Crippen LogP contribution in [0.5, 0.6) is 0 Å². The van der Waals surface area contributed by atoms with E-state index in [9.17, 15) is 8.42 Å². The molecule has 0 aliphatic carbocycles. The molecular formula is C16H23N3O2S. The van der Waals surface area contributed by atoms with Crippen LogP contribution in [0, 0.1) is 27.7 Å². The molecule has 0 aliphatic rings. The molecule has 6 heteroatoms. The number of nitrogens with zero attached hydrogens (tertiary/aromatic N) is 3. The molecule has 5 nitrogen and oxygen atoms in total. The van der Waals surface area contributed by atoms with E-state index in [4.69, 9.17) is 0 Å². The summed E-state index contributed by atoms with van der Waals surface area (Å²) in [4.78, 5) is 0.438. The molecule has 0 saturated carbocycles. The van der Waals surface area contributed by atoms with Gasteiger partial charge in [-0.05, 0) is 56.0 Å². The molecule has 0 radical (unpaired) electrons. The second kappa shape index (κ2) is 6.22. The summed E-state index contributed by atoms with van der Waals surface area (Å²) in [6, 6.07) is 3.86. The van der Waals surface area contributed by atoms with Gasteiger partial charge in [0.05, 0.1) is 11.4 Å². The maximum absolute atomic E-state index is 12.9. The lowest BCUT2D eigenvalue weighted by molar-refractivity contribution is 0.432. The molecule has 1 heterocycles. The minimum Gasteiger partial charge on any atom is -0.271 e. The lowest BCUT2D eigenvalue weighted by Crippen LogP contribution is -2.31. The van der Waals surface area contributed by atoms with E-state index in [1.54, 1.807) is 17.9 Å². The van der Waals surface area contributed by atoms with E-state index in [1.807, 2.05) is 46.0 Å². The van der Waals surface area contributed by atoms with Gasteiger partial charge in [-0.25, -0.2) is 8.42 Å². The number of hydrogen-bond acceptors (Lipinski definition) is 3. The lowest BCUT2D eigenvalue weighted by Gasteiger charge is -2.22. The first-order valence-corrected chi connectivity index (χ1v) is 8.70. The predicted octanol–water partition coefficient (Wildman–Crippen LogP) is 2.44. The van der Waals surface area contributed by atoms with Gasteiger partial charge >= 0.3 is 0 Å². The van der Waals surface area contributed by atoms with E-state index < -0.39 is 10.0 Å². The van der Waals surface area contributed by atoms with Crippen LogP contribution in [0.15, 0.2) is 29.4 Å². The van der Waals surface area contributed by atoms with Gasteiger partial charge in [-0.1, -0.05) is 6.07 Å². The quantitative estimate of drug-likeness (QED) is 0.850. The first kappa shape index (κ1) is 16.7. The molecule has 120 valence electrons. The highest BCUT2D eigenvalue weighted by Gasteiger charge is 2.26.